The zero-order valence-corrected chi connectivity index (χ0v) is 15.7. The number of amides is 2. The molecule has 0 spiro atoms. The molecule has 0 saturated carbocycles. The molecule has 140 valence electrons. The molecule has 2 N–H and O–H groups in total. The summed E-state index contributed by atoms with van der Waals surface area (Å²) in [6.07, 6.45) is 0. The molecule has 3 unspecified atom stereocenters. The van der Waals surface area contributed by atoms with Crippen molar-refractivity contribution in [1.82, 2.24) is 35.7 Å². The zero-order valence-electron chi connectivity index (χ0n) is 14.9. The lowest BCUT2D eigenvalue weighted by molar-refractivity contribution is -0.161. The van der Waals surface area contributed by atoms with Gasteiger partial charge in [0.15, 0.2) is 5.82 Å². The van der Waals surface area contributed by atoms with Gasteiger partial charge in [0.05, 0.1) is 6.67 Å². The van der Waals surface area contributed by atoms with Gasteiger partial charge < -0.3 is 9.80 Å². The van der Waals surface area contributed by atoms with Crippen molar-refractivity contribution in [1.29, 1.82) is 0 Å². The minimum Gasteiger partial charge on any atom is -0.314 e. The summed E-state index contributed by atoms with van der Waals surface area (Å²) >= 11 is 1.68. The SMILES string of the molecule is CC1(C)S[C@@H]2C(N3CNC(c4ccccc4)C3=O)C(=O)N2C1c1nn[nH]n1. The lowest BCUT2D eigenvalue weighted by atomic mass is 9.94. The molecule has 1 aromatic heterocycles. The van der Waals surface area contributed by atoms with Crippen LogP contribution in [0.4, 0.5) is 0 Å². The van der Waals surface area contributed by atoms with E-state index in [1.54, 1.807) is 21.6 Å². The van der Waals surface area contributed by atoms with E-state index in [4.69, 9.17) is 0 Å². The minimum atomic E-state index is -0.458. The first-order valence-electron chi connectivity index (χ1n) is 8.81. The maximum atomic E-state index is 13.0. The number of aromatic nitrogens is 4. The van der Waals surface area contributed by atoms with Gasteiger partial charge >= 0.3 is 0 Å². The van der Waals surface area contributed by atoms with Gasteiger partial charge in [0.25, 0.3) is 0 Å². The Bertz CT molecular complexity index is 888. The lowest BCUT2D eigenvalue weighted by Crippen LogP contribution is -2.68. The predicted molar refractivity (Wildman–Crippen MR) is 97.0 cm³/mol. The maximum Gasteiger partial charge on any atom is 0.250 e. The Morgan fingerprint density at radius 2 is 1.96 bits per heavy atom. The van der Waals surface area contributed by atoms with Gasteiger partial charge in [0.1, 0.15) is 23.5 Å². The highest BCUT2D eigenvalue weighted by Crippen LogP contribution is 2.57. The van der Waals surface area contributed by atoms with E-state index in [0.29, 0.717) is 12.5 Å². The molecule has 4 atom stereocenters. The molecule has 0 bridgehead atoms. The molecule has 3 aliphatic rings. The highest BCUT2D eigenvalue weighted by Gasteiger charge is 2.65. The number of H-pyrrole nitrogens is 1. The van der Waals surface area contributed by atoms with Gasteiger partial charge in [0.2, 0.25) is 11.8 Å². The van der Waals surface area contributed by atoms with E-state index in [-0.39, 0.29) is 28.0 Å². The van der Waals surface area contributed by atoms with Crippen molar-refractivity contribution in [2.24, 2.45) is 0 Å². The first kappa shape index (κ1) is 16.7. The first-order chi connectivity index (χ1) is 13.0. The van der Waals surface area contributed by atoms with Crippen LogP contribution in [0.15, 0.2) is 30.3 Å². The Kier molecular flexibility index (Phi) is 3.57. The van der Waals surface area contributed by atoms with Crippen molar-refractivity contribution >= 4 is 23.6 Å². The van der Waals surface area contributed by atoms with Crippen LogP contribution in [0, 0.1) is 0 Å². The normalized spacial score (nSPS) is 31.9. The second-order valence-electron chi connectivity index (χ2n) is 7.49. The number of carbonyl (C=O) groups excluding carboxylic acids is 2. The number of hydrogen-bond donors (Lipinski definition) is 2. The number of thioether (sulfide) groups is 1. The molecule has 1 aromatic carbocycles. The van der Waals surface area contributed by atoms with Crippen LogP contribution in [0.25, 0.3) is 0 Å². The summed E-state index contributed by atoms with van der Waals surface area (Å²) in [4.78, 5) is 29.5. The summed E-state index contributed by atoms with van der Waals surface area (Å²) in [6, 6.07) is 8.47. The average Bonchev–Trinajstić information content (AvgIpc) is 3.34. The van der Waals surface area contributed by atoms with Crippen LogP contribution in [-0.4, -0.2) is 65.1 Å². The van der Waals surface area contributed by atoms with Gasteiger partial charge in [-0.15, -0.1) is 22.0 Å². The minimum absolute atomic E-state index is 0.0550. The highest BCUT2D eigenvalue weighted by molar-refractivity contribution is 8.01. The molecular weight excluding hydrogens is 366 g/mol. The van der Waals surface area contributed by atoms with E-state index in [1.807, 2.05) is 30.3 Å². The number of hydrogen-bond acceptors (Lipinski definition) is 7. The van der Waals surface area contributed by atoms with Crippen molar-refractivity contribution in [3.8, 4) is 0 Å². The second kappa shape index (κ2) is 5.77. The number of fused-ring (bicyclic) bond motifs is 1. The molecule has 0 radical (unpaired) electrons. The van der Waals surface area contributed by atoms with E-state index in [1.165, 1.54) is 0 Å². The van der Waals surface area contributed by atoms with E-state index in [2.05, 4.69) is 39.8 Å². The summed E-state index contributed by atoms with van der Waals surface area (Å²) in [5.41, 5.74) is 0.915. The highest BCUT2D eigenvalue weighted by atomic mass is 32.2. The molecule has 0 aliphatic carbocycles. The van der Waals surface area contributed by atoms with Crippen molar-refractivity contribution in [3.05, 3.63) is 41.7 Å². The zero-order chi connectivity index (χ0) is 18.8. The number of aromatic amines is 1. The molecule has 4 heterocycles. The number of β-lactam (4-membered cyclic amide) rings is 1. The molecular formula is C17H19N7O2S. The van der Waals surface area contributed by atoms with Crippen LogP contribution in [-0.2, 0) is 9.59 Å². The Labute approximate surface area is 159 Å². The van der Waals surface area contributed by atoms with Crippen LogP contribution in [0.5, 0.6) is 0 Å². The van der Waals surface area contributed by atoms with Crippen molar-refractivity contribution in [2.45, 2.75) is 42.1 Å². The van der Waals surface area contributed by atoms with Crippen molar-refractivity contribution in [3.63, 3.8) is 0 Å². The molecule has 3 fully saturated rings. The van der Waals surface area contributed by atoms with Crippen LogP contribution >= 0.6 is 11.8 Å². The van der Waals surface area contributed by atoms with E-state index >= 15 is 0 Å². The van der Waals surface area contributed by atoms with Gasteiger partial charge in [-0.2, -0.15) is 5.21 Å². The molecule has 10 heteroatoms. The molecule has 2 aromatic rings. The topological polar surface area (TPSA) is 107 Å². The number of benzene rings is 1. The molecule has 5 rings (SSSR count). The van der Waals surface area contributed by atoms with E-state index in [0.717, 1.165) is 5.56 Å². The lowest BCUT2D eigenvalue weighted by Gasteiger charge is -2.47. The summed E-state index contributed by atoms with van der Waals surface area (Å²) in [5.74, 6) is 0.396. The Morgan fingerprint density at radius 1 is 1.19 bits per heavy atom. The van der Waals surface area contributed by atoms with Crippen LogP contribution < -0.4 is 5.32 Å². The van der Waals surface area contributed by atoms with E-state index in [9.17, 15) is 9.59 Å². The summed E-state index contributed by atoms with van der Waals surface area (Å²) in [7, 11) is 0. The first-order valence-corrected chi connectivity index (χ1v) is 9.69. The molecule has 2 amide bonds. The Balaban J connectivity index is 1.40. The monoisotopic (exact) mass is 385 g/mol. The summed E-state index contributed by atoms with van der Waals surface area (Å²) in [5, 5.41) is 17.4. The molecule has 27 heavy (non-hydrogen) atoms. The summed E-state index contributed by atoms with van der Waals surface area (Å²) < 4.78 is -0.270. The van der Waals surface area contributed by atoms with E-state index < -0.39 is 12.1 Å². The predicted octanol–water partition coefficient (Wildman–Crippen LogP) is 0.434. The van der Waals surface area contributed by atoms with Crippen LogP contribution in [0.3, 0.4) is 0 Å². The van der Waals surface area contributed by atoms with Gasteiger partial charge in [-0.1, -0.05) is 35.5 Å². The number of nitrogens with one attached hydrogen (secondary N) is 2. The number of rotatable bonds is 3. The number of tetrazole rings is 1. The molecule has 3 saturated heterocycles. The van der Waals surface area contributed by atoms with Crippen LogP contribution in [0.1, 0.15) is 37.3 Å². The smallest absolute Gasteiger partial charge is 0.250 e. The van der Waals surface area contributed by atoms with Gasteiger partial charge in [-0.05, 0) is 19.4 Å². The third kappa shape index (κ3) is 2.32. The van der Waals surface area contributed by atoms with Gasteiger partial charge in [0, 0.05) is 4.75 Å². The quantitative estimate of drug-likeness (QED) is 0.738. The average molecular weight is 385 g/mol. The number of carbonyl (C=O) groups is 2. The fourth-order valence-electron chi connectivity index (χ4n) is 4.25. The van der Waals surface area contributed by atoms with Gasteiger partial charge in [-0.25, -0.2) is 0 Å². The molecule has 9 nitrogen and oxygen atoms in total. The largest absolute Gasteiger partial charge is 0.314 e. The standard InChI is InChI=1S/C17H19N7O2S/c1-17(2)12(13-19-21-22-20-13)24-15(26)11(16(24)27-17)23-8-18-10(14(23)25)9-6-4-3-5-7-9/h3-7,10-12,16,18H,8H2,1-2H3,(H,19,20,21,22)/t10?,11?,12?,16-/m1/s1. The maximum absolute atomic E-state index is 13.0. The van der Waals surface area contributed by atoms with Crippen molar-refractivity contribution in [2.75, 3.05) is 6.67 Å². The van der Waals surface area contributed by atoms with Crippen LogP contribution in [0.2, 0.25) is 0 Å². The fourth-order valence-corrected chi connectivity index (χ4v) is 5.95. The van der Waals surface area contributed by atoms with Gasteiger partial charge in [-0.3, -0.25) is 14.9 Å². The van der Waals surface area contributed by atoms with Crippen molar-refractivity contribution < 1.29 is 9.59 Å². The summed E-state index contributed by atoms with van der Waals surface area (Å²) in [6.45, 7) is 4.50. The number of nitrogens with zero attached hydrogens (tertiary/aromatic N) is 5. The fraction of sp³-hybridized carbons (Fsp3) is 0.471. The second-order valence-corrected chi connectivity index (χ2v) is 9.26. The Hall–Kier alpha value is -2.46. The molecule has 3 aliphatic heterocycles. The third-order valence-corrected chi connectivity index (χ3v) is 7.04. The Morgan fingerprint density at radius 3 is 2.67 bits per heavy atom. The third-order valence-electron chi connectivity index (χ3n) is 5.48.